The standard InChI is InChI=1S/C12H14FNO4/c13-10-3-1-2-9(12(16)17)11(10)14-4-5-18-8(6-14)7-15/h1-3,8,15H,4-7H2,(H,16,17). The third kappa shape index (κ3) is 2.44. The molecular formula is C12H14FNO4. The van der Waals surface area contributed by atoms with Crippen LogP contribution in [0.3, 0.4) is 0 Å². The summed E-state index contributed by atoms with van der Waals surface area (Å²) in [5.74, 6) is -1.75. The Labute approximate surface area is 103 Å². The Morgan fingerprint density at radius 1 is 1.56 bits per heavy atom. The van der Waals surface area contributed by atoms with Crippen molar-refractivity contribution in [3.63, 3.8) is 0 Å². The number of carbonyl (C=O) groups is 1. The van der Waals surface area contributed by atoms with E-state index in [2.05, 4.69) is 0 Å². The Kier molecular flexibility index (Phi) is 3.78. The molecule has 0 aromatic heterocycles. The minimum Gasteiger partial charge on any atom is -0.478 e. The Morgan fingerprint density at radius 2 is 2.33 bits per heavy atom. The van der Waals surface area contributed by atoms with Gasteiger partial charge in [-0.05, 0) is 12.1 Å². The summed E-state index contributed by atoms with van der Waals surface area (Å²) in [6.45, 7) is 0.835. The van der Waals surface area contributed by atoms with E-state index in [9.17, 15) is 9.18 Å². The number of benzene rings is 1. The van der Waals surface area contributed by atoms with Crippen molar-refractivity contribution in [2.75, 3.05) is 31.2 Å². The summed E-state index contributed by atoms with van der Waals surface area (Å²) < 4.78 is 19.1. The average Bonchev–Trinajstić information content (AvgIpc) is 2.38. The Balaban J connectivity index is 2.34. The van der Waals surface area contributed by atoms with Gasteiger partial charge in [0.05, 0.1) is 30.6 Å². The van der Waals surface area contributed by atoms with Crippen LogP contribution in [0.25, 0.3) is 0 Å². The molecule has 1 saturated heterocycles. The van der Waals surface area contributed by atoms with E-state index in [-0.39, 0.29) is 24.4 Å². The van der Waals surface area contributed by atoms with Crippen LogP contribution in [0.15, 0.2) is 18.2 Å². The van der Waals surface area contributed by atoms with Crippen LogP contribution in [0.4, 0.5) is 10.1 Å². The van der Waals surface area contributed by atoms with E-state index in [1.807, 2.05) is 0 Å². The summed E-state index contributed by atoms with van der Waals surface area (Å²) in [4.78, 5) is 12.7. The molecule has 1 heterocycles. The smallest absolute Gasteiger partial charge is 0.337 e. The minimum atomic E-state index is -1.17. The Morgan fingerprint density at radius 3 is 3.00 bits per heavy atom. The zero-order chi connectivity index (χ0) is 13.1. The molecule has 98 valence electrons. The average molecular weight is 255 g/mol. The fourth-order valence-electron chi connectivity index (χ4n) is 2.04. The summed E-state index contributed by atoms with van der Waals surface area (Å²) in [5, 5.41) is 18.1. The normalized spacial score (nSPS) is 19.9. The van der Waals surface area contributed by atoms with Crippen LogP contribution in [0.1, 0.15) is 10.4 Å². The second kappa shape index (κ2) is 5.32. The predicted molar refractivity (Wildman–Crippen MR) is 62.4 cm³/mol. The van der Waals surface area contributed by atoms with Gasteiger partial charge >= 0.3 is 5.97 Å². The first kappa shape index (κ1) is 12.8. The number of halogens is 1. The predicted octanol–water partition coefficient (Wildman–Crippen LogP) is 0.721. The Hall–Kier alpha value is -1.66. The van der Waals surface area contributed by atoms with Gasteiger partial charge in [-0.1, -0.05) is 6.07 Å². The SMILES string of the molecule is O=C(O)c1cccc(F)c1N1CCOC(CO)C1. The number of carboxylic acid groups (broad SMARTS) is 1. The van der Waals surface area contributed by atoms with E-state index in [0.717, 1.165) is 0 Å². The van der Waals surface area contributed by atoms with Crippen molar-refractivity contribution in [1.29, 1.82) is 0 Å². The van der Waals surface area contributed by atoms with Crippen LogP contribution in [0.2, 0.25) is 0 Å². The maximum absolute atomic E-state index is 13.8. The highest BCUT2D eigenvalue weighted by Gasteiger charge is 2.25. The maximum atomic E-state index is 13.8. The first-order chi connectivity index (χ1) is 8.63. The van der Waals surface area contributed by atoms with Gasteiger partial charge in [0, 0.05) is 13.1 Å². The highest BCUT2D eigenvalue weighted by molar-refractivity contribution is 5.94. The molecule has 2 N–H and O–H groups in total. The van der Waals surface area contributed by atoms with Crippen LogP contribution in [-0.4, -0.2) is 48.6 Å². The van der Waals surface area contributed by atoms with Gasteiger partial charge in [0.25, 0.3) is 0 Å². The van der Waals surface area contributed by atoms with E-state index in [4.69, 9.17) is 14.9 Å². The molecule has 1 aromatic carbocycles. The van der Waals surface area contributed by atoms with Crippen molar-refractivity contribution in [1.82, 2.24) is 0 Å². The van der Waals surface area contributed by atoms with Crippen LogP contribution >= 0.6 is 0 Å². The zero-order valence-electron chi connectivity index (χ0n) is 9.67. The van der Waals surface area contributed by atoms with Crippen LogP contribution in [0.5, 0.6) is 0 Å². The van der Waals surface area contributed by atoms with Gasteiger partial charge in [0.1, 0.15) is 5.82 Å². The summed E-state index contributed by atoms with van der Waals surface area (Å²) in [6.07, 6.45) is -0.417. The number of aromatic carboxylic acids is 1. The van der Waals surface area contributed by atoms with Gasteiger partial charge in [0.15, 0.2) is 0 Å². The molecule has 1 unspecified atom stereocenters. The minimum absolute atomic E-state index is 0.0618. The van der Waals surface area contributed by atoms with Crippen molar-refractivity contribution in [2.24, 2.45) is 0 Å². The molecule has 0 aliphatic carbocycles. The van der Waals surface area contributed by atoms with Gasteiger partial charge in [-0.25, -0.2) is 9.18 Å². The van der Waals surface area contributed by atoms with E-state index in [1.54, 1.807) is 4.90 Å². The number of morpholine rings is 1. The molecule has 0 radical (unpaired) electrons. The number of nitrogens with zero attached hydrogens (tertiary/aromatic N) is 1. The number of para-hydroxylation sites is 1. The molecule has 2 rings (SSSR count). The third-order valence-electron chi connectivity index (χ3n) is 2.88. The lowest BCUT2D eigenvalue weighted by Crippen LogP contribution is -2.45. The molecule has 0 amide bonds. The van der Waals surface area contributed by atoms with Crippen molar-refractivity contribution in [2.45, 2.75) is 6.10 Å². The number of rotatable bonds is 3. The number of hydrogen-bond acceptors (Lipinski definition) is 4. The van der Waals surface area contributed by atoms with Crippen molar-refractivity contribution in [3.8, 4) is 0 Å². The van der Waals surface area contributed by atoms with Crippen LogP contribution in [0, 0.1) is 5.82 Å². The van der Waals surface area contributed by atoms with Crippen LogP contribution in [-0.2, 0) is 4.74 Å². The fraction of sp³-hybridized carbons (Fsp3) is 0.417. The molecule has 18 heavy (non-hydrogen) atoms. The van der Waals surface area contributed by atoms with Gasteiger partial charge in [-0.2, -0.15) is 0 Å². The molecule has 0 saturated carbocycles. The second-order valence-corrected chi connectivity index (χ2v) is 4.06. The fourth-order valence-corrected chi connectivity index (χ4v) is 2.04. The lowest BCUT2D eigenvalue weighted by Gasteiger charge is -2.34. The summed E-state index contributed by atoms with van der Waals surface area (Å²) >= 11 is 0. The third-order valence-corrected chi connectivity index (χ3v) is 2.88. The largest absolute Gasteiger partial charge is 0.478 e. The van der Waals surface area contributed by atoms with Crippen molar-refractivity contribution < 1.29 is 24.1 Å². The first-order valence-electron chi connectivity index (χ1n) is 5.62. The van der Waals surface area contributed by atoms with Gasteiger partial charge in [-0.15, -0.1) is 0 Å². The molecule has 1 aromatic rings. The highest BCUT2D eigenvalue weighted by Crippen LogP contribution is 2.26. The molecule has 1 atom stereocenters. The molecule has 5 nitrogen and oxygen atoms in total. The molecule has 1 fully saturated rings. The lowest BCUT2D eigenvalue weighted by molar-refractivity contribution is 0.00333. The molecule has 6 heteroatoms. The number of hydrogen-bond donors (Lipinski definition) is 2. The topological polar surface area (TPSA) is 70.0 Å². The first-order valence-corrected chi connectivity index (χ1v) is 5.62. The van der Waals surface area contributed by atoms with E-state index in [0.29, 0.717) is 13.2 Å². The molecule has 1 aliphatic heterocycles. The maximum Gasteiger partial charge on any atom is 0.337 e. The summed E-state index contributed by atoms with van der Waals surface area (Å²) in [5.41, 5.74) is -0.0136. The van der Waals surface area contributed by atoms with E-state index < -0.39 is 17.9 Å². The number of anilines is 1. The van der Waals surface area contributed by atoms with Crippen molar-refractivity contribution >= 4 is 11.7 Å². The van der Waals surface area contributed by atoms with Crippen LogP contribution < -0.4 is 4.90 Å². The quantitative estimate of drug-likeness (QED) is 0.833. The van der Waals surface area contributed by atoms with Crippen molar-refractivity contribution in [3.05, 3.63) is 29.6 Å². The molecule has 0 spiro atoms. The van der Waals surface area contributed by atoms with E-state index >= 15 is 0 Å². The van der Waals surface area contributed by atoms with E-state index in [1.165, 1.54) is 18.2 Å². The van der Waals surface area contributed by atoms with Gasteiger partial charge < -0.3 is 19.8 Å². The zero-order valence-corrected chi connectivity index (χ0v) is 9.67. The number of aliphatic hydroxyl groups is 1. The highest BCUT2D eigenvalue weighted by atomic mass is 19.1. The molecule has 0 bridgehead atoms. The summed E-state index contributed by atoms with van der Waals surface area (Å²) in [7, 11) is 0. The second-order valence-electron chi connectivity index (χ2n) is 4.06. The molecule has 1 aliphatic rings. The van der Waals surface area contributed by atoms with Gasteiger partial charge in [-0.3, -0.25) is 0 Å². The number of ether oxygens (including phenoxy) is 1. The monoisotopic (exact) mass is 255 g/mol. The number of carboxylic acids is 1. The Bertz CT molecular complexity index is 452. The summed E-state index contributed by atoms with van der Waals surface area (Å²) in [6, 6.07) is 3.96. The lowest BCUT2D eigenvalue weighted by atomic mass is 10.1. The van der Waals surface area contributed by atoms with Gasteiger partial charge in [0.2, 0.25) is 0 Å². The number of aliphatic hydroxyl groups excluding tert-OH is 1. The molecular weight excluding hydrogens is 241 g/mol.